The Morgan fingerprint density at radius 1 is 1.13 bits per heavy atom. The van der Waals surface area contributed by atoms with Gasteiger partial charge in [0.05, 0.1) is 12.8 Å². The number of ether oxygens (including phenoxy) is 2. The van der Waals surface area contributed by atoms with Gasteiger partial charge in [0.25, 0.3) is 5.91 Å². The minimum Gasteiger partial charge on any atom is -0.495 e. The first-order chi connectivity index (χ1) is 14.6. The number of pyridine rings is 1. The Morgan fingerprint density at radius 3 is 2.80 bits per heavy atom. The number of amides is 1. The van der Waals surface area contributed by atoms with Gasteiger partial charge in [-0.3, -0.25) is 4.79 Å². The normalized spacial score (nSPS) is 16.3. The smallest absolute Gasteiger partial charge is 0.262 e. The summed E-state index contributed by atoms with van der Waals surface area (Å²) < 4.78 is 11.1. The number of carbonyl (C=O) groups excluding carboxylic acids is 1. The minimum absolute atomic E-state index is 0.107. The van der Waals surface area contributed by atoms with E-state index in [1.807, 2.05) is 30.3 Å². The first kappa shape index (κ1) is 20.0. The molecule has 0 radical (unpaired) electrons. The van der Waals surface area contributed by atoms with Gasteiger partial charge in [0.1, 0.15) is 22.8 Å². The summed E-state index contributed by atoms with van der Waals surface area (Å²) in [5, 5.41) is 3.82. The second-order valence-electron chi connectivity index (χ2n) is 7.73. The van der Waals surface area contributed by atoms with Gasteiger partial charge in [-0.1, -0.05) is 31.2 Å². The van der Waals surface area contributed by atoms with Crippen LogP contribution in [0.25, 0.3) is 10.9 Å². The van der Waals surface area contributed by atoms with E-state index in [9.17, 15) is 4.79 Å². The van der Waals surface area contributed by atoms with Gasteiger partial charge in [-0.2, -0.15) is 0 Å². The van der Waals surface area contributed by atoms with Crippen molar-refractivity contribution < 1.29 is 14.3 Å². The van der Waals surface area contributed by atoms with Crippen LogP contribution in [0.3, 0.4) is 0 Å². The SMILES string of the molecule is COc1ccccc1NC(=O)COc1cccc2ccc(N3CCC[C@H](C)C3)nc12. The number of carbonyl (C=O) groups is 1. The van der Waals surface area contributed by atoms with Crippen LogP contribution in [0.5, 0.6) is 11.5 Å². The van der Waals surface area contributed by atoms with Crippen molar-refractivity contribution in [3.63, 3.8) is 0 Å². The molecule has 1 aromatic heterocycles. The Balaban J connectivity index is 1.49. The number of rotatable bonds is 6. The Morgan fingerprint density at radius 2 is 1.97 bits per heavy atom. The van der Waals surface area contributed by atoms with E-state index in [0.717, 1.165) is 29.8 Å². The van der Waals surface area contributed by atoms with Gasteiger partial charge in [0, 0.05) is 18.5 Å². The van der Waals surface area contributed by atoms with Crippen LogP contribution in [0.4, 0.5) is 11.5 Å². The fourth-order valence-electron chi connectivity index (χ4n) is 3.88. The quantitative estimate of drug-likeness (QED) is 0.654. The van der Waals surface area contributed by atoms with Crippen molar-refractivity contribution in [1.82, 2.24) is 4.98 Å². The lowest BCUT2D eigenvalue weighted by Crippen LogP contribution is -2.34. The minimum atomic E-state index is -0.252. The molecule has 1 fully saturated rings. The maximum absolute atomic E-state index is 12.4. The summed E-state index contributed by atoms with van der Waals surface area (Å²) in [6, 6.07) is 17.2. The van der Waals surface area contributed by atoms with Crippen LogP contribution in [-0.2, 0) is 4.79 Å². The molecule has 4 rings (SSSR count). The number of hydrogen-bond donors (Lipinski definition) is 1. The molecule has 0 bridgehead atoms. The van der Waals surface area contributed by atoms with Crippen molar-refractivity contribution >= 4 is 28.3 Å². The molecular weight excluding hydrogens is 378 g/mol. The zero-order chi connectivity index (χ0) is 20.9. The van der Waals surface area contributed by atoms with Crippen molar-refractivity contribution in [2.45, 2.75) is 19.8 Å². The molecule has 1 aliphatic rings. The van der Waals surface area contributed by atoms with Crippen LogP contribution < -0.4 is 19.7 Å². The molecule has 3 aromatic rings. The summed E-state index contributed by atoms with van der Waals surface area (Å²) in [7, 11) is 1.57. The monoisotopic (exact) mass is 405 g/mol. The van der Waals surface area contributed by atoms with E-state index in [-0.39, 0.29) is 12.5 Å². The number of nitrogens with zero attached hydrogens (tertiary/aromatic N) is 2. The number of methoxy groups -OCH3 is 1. The number of fused-ring (bicyclic) bond motifs is 1. The zero-order valence-corrected chi connectivity index (χ0v) is 17.4. The zero-order valence-electron chi connectivity index (χ0n) is 17.4. The highest BCUT2D eigenvalue weighted by Crippen LogP contribution is 2.29. The van der Waals surface area contributed by atoms with Crippen LogP contribution in [0.2, 0.25) is 0 Å². The molecule has 156 valence electrons. The largest absolute Gasteiger partial charge is 0.495 e. The molecule has 2 aromatic carbocycles. The molecule has 6 nitrogen and oxygen atoms in total. The Labute approximate surface area is 176 Å². The summed E-state index contributed by atoms with van der Waals surface area (Å²) >= 11 is 0. The van der Waals surface area contributed by atoms with Gasteiger partial charge in [-0.25, -0.2) is 4.98 Å². The summed E-state index contributed by atoms with van der Waals surface area (Å²) in [5.41, 5.74) is 1.39. The number of benzene rings is 2. The number of hydrogen-bond acceptors (Lipinski definition) is 5. The molecule has 0 aliphatic carbocycles. The molecule has 1 amide bonds. The third-order valence-electron chi connectivity index (χ3n) is 5.39. The van der Waals surface area contributed by atoms with Crippen LogP contribution >= 0.6 is 0 Å². The summed E-state index contributed by atoms with van der Waals surface area (Å²) in [6.45, 7) is 4.21. The van der Waals surface area contributed by atoms with Crippen LogP contribution in [-0.4, -0.2) is 37.7 Å². The van der Waals surface area contributed by atoms with Gasteiger partial charge in [-0.05, 0) is 49.1 Å². The van der Waals surface area contributed by atoms with E-state index < -0.39 is 0 Å². The molecule has 0 saturated carbocycles. The molecule has 2 heterocycles. The highest BCUT2D eigenvalue weighted by Gasteiger charge is 2.18. The molecule has 0 unspecified atom stereocenters. The molecule has 6 heteroatoms. The lowest BCUT2D eigenvalue weighted by atomic mass is 10.0. The molecule has 30 heavy (non-hydrogen) atoms. The summed E-state index contributed by atoms with van der Waals surface area (Å²) in [4.78, 5) is 19.6. The van der Waals surface area contributed by atoms with E-state index in [1.54, 1.807) is 19.2 Å². The van der Waals surface area contributed by atoms with Gasteiger partial charge in [0.2, 0.25) is 0 Å². The molecule has 1 saturated heterocycles. The topological polar surface area (TPSA) is 63.7 Å². The average molecular weight is 405 g/mol. The van der Waals surface area contributed by atoms with Crippen LogP contribution in [0, 0.1) is 5.92 Å². The Bertz CT molecular complexity index is 1040. The van der Waals surface area contributed by atoms with Crippen molar-refractivity contribution in [2.75, 3.05) is 37.0 Å². The van der Waals surface area contributed by atoms with Gasteiger partial charge < -0.3 is 19.7 Å². The van der Waals surface area contributed by atoms with Crippen molar-refractivity contribution in [3.8, 4) is 11.5 Å². The predicted molar refractivity (Wildman–Crippen MR) is 119 cm³/mol. The summed E-state index contributed by atoms with van der Waals surface area (Å²) in [5.74, 6) is 2.59. The maximum atomic E-state index is 12.4. The third-order valence-corrected chi connectivity index (χ3v) is 5.39. The number of para-hydroxylation sites is 3. The fraction of sp³-hybridized carbons (Fsp3) is 0.333. The molecule has 1 N–H and O–H groups in total. The molecule has 0 spiro atoms. The van der Waals surface area contributed by atoms with E-state index in [4.69, 9.17) is 14.5 Å². The first-order valence-corrected chi connectivity index (χ1v) is 10.3. The first-order valence-electron chi connectivity index (χ1n) is 10.3. The van der Waals surface area contributed by atoms with Crippen LogP contribution in [0.1, 0.15) is 19.8 Å². The fourth-order valence-corrected chi connectivity index (χ4v) is 3.88. The molecular formula is C24H27N3O3. The second kappa shape index (κ2) is 9.03. The summed E-state index contributed by atoms with van der Waals surface area (Å²) in [6.07, 6.45) is 2.45. The van der Waals surface area contributed by atoms with Crippen molar-refractivity contribution in [2.24, 2.45) is 5.92 Å². The van der Waals surface area contributed by atoms with Crippen molar-refractivity contribution in [1.29, 1.82) is 0 Å². The van der Waals surface area contributed by atoms with Gasteiger partial charge in [-0.15, -0.1) is 0 Å². The maximum Gasteiger partial charge on any atom is 0.262 e. The Kier molecular flexibility index (Phi) is 6.02. The van der Waals surface area contributed by atoms with E-state index in [1.165, 1.54) is 12.8 Å². The number of anilines is 2. The van der Waals surface area contributed by atoms with Crippen LogP contribution in [0.15, 0.2) is 54.6 Å². The van der Waals surface area contributed by atoms with Gasteiger partial charge in [0.15, 0.2) is 6.61 Å². The van der Waals surface area contributed by atoms with Crippen molar-refractivity contribution in [3.05, 3.63) is 54.6 Å². The molecule has 1 aliphatic heterocycles. The lowest BCUT2D eigenvalue weighted by molar-refractivity contribution is -0.118. The van der Waals surface area contributed by atoms with E-state index >= 15 is 0 Å². The predicted octanol–water partition coefficient (Wildman–Crippen LogP) is 4.50. The third kappa shape index (κ3) is 4.48. The lowest BCUT2D eigenvalue weighted by Gasteiger charge is -2.32. The average Bonchev–Trinajstić information content (AvgIpc) is 2.77. The standard InChI is InChI=1S/C24H27N3O3/c1-17-7-6-14-27(15-17)22-13-12-18-8-5-11-21(24(18)26-22)30-16-23(28)25-19-9-3-4-10-20(19)29-2/h3-5,8-13,17H,6-7,14-16H2,1-2H3,(H,25,28)/t17-/m0/s1. The molecule has 1 atom stereocenters. The highest BCUT2D eigenvalue weighted by molar-refractivity contribution is 5.94. The highest BCUT2D eigenvalue weighted by atomic mass is 16.5. The number of nitrogens with one attached hydrogen (secondary N) is 1. The second-order valence-corrected chi connectivity index (χ2v) is 7.73. The Hall–Kier alpha value is -3.28. The van der Waals surface area contributed by atoms with E-state index in [0.29, 0.717) is 23.1 Å². The van der Waals surface area contributed by atoms with Gasteiger partial charge >= 0.3 is 0 Å². The number of aromatic nitrogens is 1. The number of piperidine rings is 1. The van der Waals surface area contributed by atoms with E-state index in [2.05, 4.69) is 29.3 Å².